The van der Waals surface area contributed by atoms with E-state index in [0.29, 0.717) is 6.42 Å². The predicted octanol–water partition coefficient (Wildman–Crippen LogP) is 0.888. The highest BCUT2D eigenvalue weighted by Gasteiger charge is 2.33. The van der Waals surface area contributed by atoms with Gasteiger partial charge in [-0.2, -0.15) is 13.2 Å². The van der Waals surface area contributed by atoms with Crippen LogP contribution in [-0.2, 0) is 14.3 Å². The average Bonchev–Trinajstić information content (AvgIpc) is 2.14. The molecule has 0 rings (SSSR count). The Hall–Kier alpha value is -1.31. The Bertz CT molecular complexity index is 267. The summed E-state index contributed by atoms with van der Waals surface area (Å²) in [6.45, 7) is -1.12. The highest BCUT2D eigenvalue weighted by atomic mass is 19.4. The van der Waals surface area contributed by atoms with E-state index in [2.05, 4.69) is 0 Å². The molecule has 100 valence electrons. The van der Waals surface area contributed by atoms with Crippen molar-refractivity contribution in [3.05, 3.63) is 0 Å². The van der Waals surface area contributed by atoms with E-state index in [0.717, 1.165) is 0 Å². The van der Waals surface area contributed by atoms with Gasteiger partial charge in [0.05, 0.1) is 0 Å². The van der Waals surface area contributed by atoms with Crippen LogP contribution in [0.4, 0.5) is 13.2 Å². The molecule has 0 aliphatic carbocycles. The molecule has 0 aliphatic rings. The molecular formula is C9H14F3NO4. The minimum Gasteiger partial charge on any atom is -0.480 e. The minimum absolute atomic E-state index is 0.206. The SMILES string of the molecule is CCCOCC(=O)N(CC(=O)O)CC(F)(F)F. The molecule has 0 atom stereocenters. The van der Waals surface area contributed by atoms with Gasteiger partial charge in [0, 0.05) is 6.61 Å². The van der Waals surface area contributed by atoms with Gasteiger partial charge in [-0.05, 0) is 6.42 Å². The first-order valence-electron chi connectivity index (χ1n) is 4.90. The zero-order valence-electron chi connectivity index (χ0n) is 9.29. The summed E-state index contributed by atoms with van der Waals surface area (Å²) in [5.74, 6) is -2.49. The van der Waals surface area contributed by atoms with Gasteiger partial charge in [-0.25, -0.2) is 0 Å². The number of ether oxygens (including phenoxy) is 1. The molecule has 0 aromatic rings. The smallest absolute Gasteiger partial charge is 0.406 e. The number of amides is 1. The van der Waals surface area contributed by atoms with Crippen molar-refractivity contribution in [1.29, 1.82) is 0 Å². The molecule has 0 fully saturated rings. The summed E-state index contributed by atoms with van der Waals surface area (Å²) in [5.41, 5.74) is 0. The molecule has 0 aromatic carbocycles. The third kappa shape index (κ3) is 8.49. The molecule has 0 aromatic heterocycles. The molecule has 0 unspecified atom stereocenters. The lowest BCUT2D eigenvalue weighted by Crippen LogP contribution is -2.43. The van der Waals surface area contributed by atoms with Crippen LogP contribution in [-0.4, -0.2) is 54.4 Å². The van der Waals surface area contributed by atoms with Crippen molar-refractivity contribution in [3.63, 3.8) is 0 Å². The van der Waals surface area contributed by atoms with Crippen LogP contribution in [0, 0.1) is 0 Å². The van der Waals surface area contributed by atoms with Crippen LogP contribution in [0.3, 0.4) is 0 Å². The van der Waals surface area contributed by atoms with Crippen LogP contribution < -0.4 is 0 Å². The van der Waals surface area contributed by atoms with Crippen LogP contribution in [0.1, 0.15) is 13.3 Å². The fourth-order valence-electron chi connectivity index (χ4n) is 1.01. The standard InChI is InChI=1S/C9H14F3NO4/c1-2-3-17-5-7(14)13(4-8(15)16)6-9(10,11)12/h2-6H2,1H3,(H,15,16). The second kappa shape index (κ2) is 7.10. The molecule has 0 radical (unpaired) electrons. The molecule has 0 saturated heterocycles. The normalized spacial score (nSPS) is 11.3. The van der Waals surface area contributed by atoms with E-state index >= 15 is 0 Å². The van der Waals surface area contributed by atoms with Gasteiger partial charge in [-0.15, -0.1) is 0 Å². The number of alkyl halides is 3. The number of rotatable bonds is 7. The van der Waals surface area contributed by atoms with Gasteiger partial charge in [0.2, 0.25) is 5.91 Å². The van der Waals surface area contributed by atoms with Gasteiger partial charge in [-0.1, -0.05) is 6.92 Å². The van der Waals surface area contributed by atoms with E-state index in [9.17, 15) is 22.8 Å². The number of nitrogens with zero attached hydrogens (tertiary/aromatic N) is 1. The van der Waals surface area contributed by atoms with Crippen molar-refractivity contribution < 1.29 is 32.6 Å². The molecular weight excluding hydrogens is 243 g/mol. The number of halogens is 3. The quantitative estimate of drug-likeness (QED) is 0.688. The van der Waals surface area contributed by atoms with E-state index < -0.39 is 37.7 Å². The maximum absolute atomic E-state index is 12.1. The summed E-state index contributed by atoms with van der Waals surface area (Å²) in [7, 11) is 0. The van der Waals surface area contributed by atoms with E-state index in [4.69, 9.17) is 9.84 Å². The Balaban J connectivity index is 4.35. The number of carbonyl (C=O) groups is 2. The topological polar surface area (TPSA) is 66.8 Å². The summed E-state index contributed by atoms with van der Waals surface area (Å²) in [6, 6.07) is 0. The average molecular weight is 257 g/mol. The van der Waals surface area contributed by atoms with Crippen molar-refractivity contribution in [3.8, 4) is 0 Å². The molecule has 1 N–H and O–H groups in total. The highest BCUT2D eigenvalue weighted by Crippen LogP contribution is 2.16. The number of carbonyl (C=O) groups excluding carboxylic acids is 1. The number of carboxylic acid groups (broad SMARTS) is 1. The van der Waals surface area contributed by atoms with Crippen LogP contribution in [0.15, 0.2) is 0 Å². The lowest BCUT2D eigenvalue weighted by Gasteiger charge is -2.21. The molecule has 1 amide bonds. The number of hydrogen-bond acceptors (Lipinski definition) is 3. The summed E-state index contributed by atoms with van der Waals surface area (Å²) >= 11 is 0. The first kappa shape index (κ1) is 15.7. The Kier molecular flexibility index (Phi) is 6.55. The predicted molar refractivity (Wildman–Crippen MR) is 51.4 cm³/mol. The monoisotopic (exact) mass is 257 g/mol. The molecule has 0 aliphatic heterocycles. The lowest BCUT2D eigenvalue weighted by molar-refractivity contribution is -0.168. The molecule has 0 saturated carbocycles. The van der Waals surface area contributed by atoms with Crippen molar-refractivity contribution in [2.45, 2.75) is 19.5 Å². The van der Waals surface area contributed by atoms with Gasteiger partial charge < -0.3 is 14.7 Å². The zero-order chi connectivity index (χ0) is 13.5. The fraction of sp³-hybridized carbons (Fsp3) is 0.778. The van der Waals surface area contributed by atoms with E-state index in [1.54, 1.807) is 6.92 Å². The second-order valence-electron chi connectivity index (χ2n) is 3.31. The van der Waals surface area contributed by atoms with Crippen molar-refractivity contribution >= 4 is 11.9 Å². The third-order valence-corrected chi connectivity index (χ3v) is 1.62. The van der Waals surface area contributed by atoms with Gasteiger partial charge in [0.1, 0.15) is 19.7 Å². The van der Waals surface area contributed by atoms with E-state index in [1.165, 1.54) is 0 Å². The van der Waals surface area contributed by atoms with Crippen LogP contribution in [0.2, 0.25) is 0 Å². The van der Waals surface area contributed by atoms with Crippen LogP contribution in [0.5, 0.6) is 0 Å². The summed E-state index contributed by atoms with van der Waals surface area (Å²) in [5, 5.41) is 8.40. The van der Waals surface area contributed by atoms with Crippen LogP contribution in [0.25, 0.3) is 0 Å². The first-order valence-corrected chi connectivity index (χ1v) is 4.90. The summed E-state index contributed by atoms with van der Waals surface area (Å²) in [6.07, 6.45) is -4.01. The van der Waals surface area contributed by atoms with E-state index in [-0.39, 0.29) is 11.5 Å². The molecule has 8 heteroatoms. The molecule has 5 nitrogen and oxygen atoms in total. The Morgan fingerprint density at radius 1 is 1.35 bits per heavy atom. The Morgan fingerprint density at radius 2 is 1.94 bits per heavy atom. The first-order chi connectivity index (χ1) is 7.76. The van der Waals surface area contributed by atoms with Crippen molar-refractivity contribution in [1.82, 2.24) is 4.90 Å². The van der Waals surface area contributed by atoms with Gasteiger partial charge in [-0.3, -0.25) is 9.59 Å². The third-order valence-electron chi connectivity index (χ3n) is 1.62. The lowest BCUT2D eigenvalue weighted by atomic mass is 10.4. The Labute approximate surface area is 96.1 Å². The van der Waals surface area contributed by atoms with Crippen molar-refractivity contribution in [2.24, 2.45) is 0 Å². The minimum atomic E-state index is -4.63. The van der Waals surface area contributed by atoms with E-state index in [1.807, 2.05) is 0 Å². The molecule has 0 heterocycles. The maximum Gasteiger partial charge on any atom is 0.406 e. The molecule has 0 bridgehead atoms. The second-order valence-corrected chi connectivity index (χ2v) is 3.31. The molecule has 17 heavy (non-hydrogen) atoms. The number of carboxylic acids is 1. The Morgan fingerprint density at radius 3 is 2.35 bits per heavy atom. The zero-order valence-corrected chi connectivity index (χ0v) is 9.29. The van der Waals surface area contributed by atoms with Gasteiger partial charge >= 0.3 is 12.1 Å². The maximum atomic E-state index is 12.1. The number of hydrogen-bond donors (Lipinski definition) is 1. The van der Waals surface area contributed by atoms with Crippen molar-refractivity contribution in [2.75, 3.05) is 26.3 Å². The summed E-state index contributed by atoms with van der Waals surface area (Å²) < 4.78 is 41.0. The van der Waals surface area contributed by atoms with Gasteiger partial charge in [0.25, 0.3) is 0 Å². The summed E-state index contributed by atoms with van der Waals surface area (Å²) in [4.78, 5) is 21.8. The largest absolute Gasteiger partial charge is 0.480 e. The van der Waals surface area contributed by atoms with Crippen LogP contribution >= 0.6 is 0 Å². The number of aliphatic carboxylic acids is 1. The molecule has 0 spiro atoms. The van der Waals surface area contributed by atoms with Gasteiger partial charge in [0.15, 0.2) is 0 Å². The highest BCUT2D eigenvalue weighted by molar-refractivity contribution is 5.82. The fourth-order valence-corrected chi connectivity index (χ4v) is 1.01.